The van der Waals surface area contributed by atoms with Gasteiger partial charge in [-0.2, -0.15) is 0 Å². The van der Waals surface area contributed by atoms with Crippen molar-refractivity contribution in [2.45, 2.75) is 33.2 Å². The smallest absolute Gasteiger partial charge is 0.238 e. The highest BCUT2D eigenvalue weighted by atomic mass is 16.2. The largest absolute Gasteiger partial charge is 0.353 e. The number of rotatable bonds is 9. The van der Waals surface area contributed by atoms with E-state index in [9.17, 15) is 9.59 Å². The van der Waals surface area contributed by atoms with Crippen LogP contribution in [0.3, 0.4) is 0 Å². The van der Waals surface area contributed by atoms with Gasteiger partial charge in [-0.05, 0) is 44.0 Å². The first-order valence-electron chi connectivity index (χ1n) is 9.41. The van der Waals surface area contributed by atoms with Crippen LogP contribution in [0.1, 0.15) is 31.9 Å². The van der Waals surface area contributed by atoms with Crippen LogP contribution in [-0.4, -0.2) is 42.4 Å². The van der Waals surface area contributed by atoms with Crippen LogP contribution < -0.4 is 10.6 Å². The zero-order chi connectivity index (χ0) is 19.6. The molecule has 0 aliphatic rings. The number of para-hydroxylation sites is 1. The molecule has 0 aliphatic carbocycles. The van der Waals surface area contributed by atoms with E-state index in [4.69, 9.17) is 0 Å². The molecule has 0 saturated carbocycles. The molecule has 0 heterocycles. The van der Waals surface area contributed by atoms with Crippen LogP contribution in [-0.2, 0) is 16.0 Å². The van der Waals surface area contributed by atoms with E-state index < -0.39 is 0 Å². The van der Waals surface area contributed by atoms with Gasteiger partial charge >= 0.3 is 0 Å². The number of amides is 2. The predicted octanol–water partition coefficient (Wildman–Crippen LogP) is 3.06. The van der Waals surface area contributed by atoms with E-state index in [1.165, 1.54) is 5.56 Å². The normalized spacial score (nSPS) is 10.9. The van der Waals surface area contributed by atoms with Gasteiger partial charge in [0, 0.05) is 11.7 Å². The highest BCUT2D eigenvalue weighted by Crippen LogP contribution is 2.19. The summed E-state index contributed by atoms with van der Waals surface area (Å²) in [7, 11) is 0. The SMILES string of the molecule is CCN(CC(=O)Nc1ccccc1Cc1ccccc1)CC(=O)NC(C)C. The van der Waals surface area contributed by atoms with Gasteiger partial charge in [0.25, 0.3) is 0 Å². The Morgan fingerprint density at radius 3 is 2.22 bits per heavy atom. The molecule has 2 rings (SSSR count). The van der Waals surface area contributed by atoms with E-state index in [1.807, 2.05) is 68.1 Å². The zero-order valence-electron chi connectivity index (χ0n) is 16.4. The molecule has 144 valence electrons. The van der Waals surface area contributed by atoms with E-state index in [-0.39, 0.29) is 30.9 Å². The van der Waals surface area contributed by atoms with Crippen molar-refractivity contribution in [3.63, 3.8) is 0 Å². The van der Waals surface area contributed by atoms with Crippen LogP contribution in [0.2, 0.25) is 0 Å². The molecule has 5 nitrogen and oxygen atoms in total. The molecule has 0 unspecified atom stereocenters. The maximum Gasteiger partial charge on any atom is 0.238 e. The lowest BCUT2D eigenvalue weighted by Crippen LogP contribution is -2.42. The average molecular weight is 367 g/mol. The van der Waals surface area contributed by atoms with Crippen LogP contribution in [0.15, 0.2) is 54.6 Å². The van der Waals surface area contributed by atoms with Crippen molar-refractivity contribution >= 4 is 17.5 Å². The summed E-state index contributed by atoms with van der Waals surface area (Å²) in [5, 5.41) is 5.85. The summed E-state index contributed by atoms with van der Waals surface area (Å²) in [6.07, 6.45) is 0.756. The van der Waals surface area contributed by atoms with E-state index in [0.717, 1.165) is 17.7 Å². The molecule has 2 N–H and O–H groups in total. The molecule has 2 amide bonds. The van der Waals surface area contributed by atoms with Gasteiger partial charge in [-0.3, -0.25) is 14.5 Å². The Labute approximate surface area is 161 Å². The Kier molecular flexibility index (Phi) is 8.01. The number of carbonyl (C=O) groups is 2. The van der Waals surface area contributed by atoms with Gasteiger partial charge in [0.1, 0.15) is 0 Å². The minimum Gasteiger partial charge on any atom is -0.353 e. The van der Waals surface area contributed by atoms with E-state index in [1.54, 1.807) is 0 Å². The molecule has 2 aromatic rings. The third-order valence-electron chi connectivity index (χ3n) is 4.16. The predicted molar refractivity (Wildman–Crippen MR) is 110 cm³/mol. The zero-order valence-corrected chi connectivity index (χ0v) is 16.4. The third kappa shape index (κ3) is 7.23. The van der Waals surface area contributed by atoms with Crippen molar-refractivity contribution in [3.8, 4) is 0 Å². The van der Waals surface area contributed by atoms with Crippen molar-refractivity contribution in [2.24, 2.45) is 0 Å². The standard InChI is InChI=1S/C22H29N3O2/c1-4-25(15-21(26)23-17(2)3)16-22(27)24-20-13-9-8-12-19(20)14-18-10-6-5-7-11-18/h5-13,17H,4,14-16H2,1-3H3,(H,23,26)(H,24,27). The van der Waals surface area contributed by atoms with Crippen molar-refractivity contribution in [2.75, 3.05) is 25.0 Å². The van der Waals surface area contributed by atoms with Crippen molar-refractivity contribution in [1.29, 1.82) is 0 Å². The summed E-state index contributed by atoms with van der Waals surface area (Å²) < 4.78 is 0. The lowest BCUT2D eigenvalue weighted by atomic mass is 10.0. The first-order chi connectivity index (χ1) is 13.0. The quantitative estimate of drug-likeness (QED) is 0.716. The maximum absolute atomic E-state index is 12.5. The van der Waals surface area contributed by atoms with Crippen LogP contribution in [0.4, 0.5) is 5.69 Å². The molecule has 2 aromatic carbocycles. The Bertz CT molecular complexity index is 744. The number of carbonyl (C=O) groups excluding carboxylic acids is 2. The summed E-state index contributed by atoms with van der Waals surface area (Å²) in [6, 6.07) is 18.1. The minimum atomic E-state index is -0.116. The lowest BCUT2D eigenvalue weighted by Gasteiger charge is -2.20. The molecular formula is C22H29N3O2. The topological polar surface area (TPSA) is 61.4 Å². The number of likely N-dealkylation sites (N-methyl/N-ethyl adjacent to an activating group) is 1. The van der Waals surface area contributed by atoms with Crippen LogP contribution in [0.5, 0.6) is 0 Å². The van der Waals surface area contributed by atoms with Crippen LogP contribution in [0.25, 0.3) is 0 Å². The van der Waals surface area contributed by atoms with Gasteiger partial charge in [-0.25, -0.2) is 0 Å². The van der Waals surface area contributed by atoms with Crippen LogP contribution >= 0.6 is 0 Å². The number of nitrogens with one attached hydrogen (secondary N) is 2. The molecular weight excluding hydrogens is 338 g/mol. The number of hydrogen-bond acceptors (Lipinski definition) is 3. The number of benzene rings is 2. The van der Waals surface area contributed by atoms with Gasteiger partial charge in [-0.1, -0.05) is 55.5 Å². The second-order valence-electron chi connectivity index (χ2n) is 6.89. The second-order valence-corrected chi connectivity index (χ2v) is 6.89. The molecule has 0 spiro atoms. The molecule has 0 aliphatic heterocycles. The molecule has 0 saturated heterocycles. The minimum absolute atomic E-state index is 0.0656. The maximum atomic E-state index is 12.5. The monoisotopic (exact) mass is 367 g/mol. The fourth-order valence-electron chi connectivity index (χ4n) is 2.86. The summed E-state index contributed by atoms with van der Waals surface area (Å²) in [5.74, 6) is -0.182. The molecule has 0 bridgehead atoms. The average Bonchev–Trinajstić information content (AvgIpc) is 2.63. The molecule has 0 fully saturated rings. The molecule has 5 heteroatoms. The fraction of sp³-hybridized carbons (Fsp3) is 0.364. The van der Waals surface area contributed by atoms with Crippen LogP contribution in [0, 0.1) is 0 Å². The molecule has 0 radical (unpaired) electrons. The van der Waals surface area contributed by atoms with Gasteiger partial charge in [0.15, 0.2) is 0 Å². The molecule has 27 heavy (non-hydrogen) atoms. The molecule has 0 aromatic heterocycles. The number of hydrogen-bond donors (Lipinski definition) is 2. The highest BCUT2D eigenvalue weighted by Gasteiger charge is 2.14. The van der Waals surface area contributed by atoms with Gasteiger partial charge < -0.3 is 10.6 Å². The second kappa shape index (κ2) is 10.5. The number of anilines is 1. The van der Waals surface area contributed by atoms with Crippen molar-refractivity contribution in [3.05, 3.63) is 65.7 Å². The molecule has 0 atom stereocenters. The van der Waals surface area contributed by atoms with Gasteiger partial charge in [0.05, 0.1) is 13.1 Å². The van der Waals surface area contributed by atoms with E-state index in [2.05, 4.69) is 22.8 Å². The Hall–Kier alpha value is -2.66. The van der Waals surface area contributed by atoms with E-state index in [0.29, 0.717) is 6.54 Å². The summed E-state index contributed by atoms with van der Waals surface area (Å²) in [5.41, 5.74) is 3.08. The van der Waals surface area contributed by atoms with E-state index >= 15 is 0 Å². The Morgan fingerprint density at radius 2 is 1.56 bits per heavy atom. The van der Waals surface area contributed by atoms with Gasteiger partial charge in [0.2, 0.25) is 11.8 Å². The third-order valence-corrected chi connectivity index (χ3v) is 4.16. The first-order valence-corrected chi connectivity index (χ1v) is 9.41. The number of nitrogens with zero attached hydrogens (tertiary/aromatic N) is 1. The first kappa shape index (κ1) is 20.6. The van der Waals surface area contributed by atoms with Crippen molar-refractivity contribution in [1.82, 2.24) is 10.2 Å². The Morgan fingerprint density at radius 1 is 0.926 bits per heavy atom. The fourth-order valence-corrected chi connectivity index (χ4v) is 2.86. The summed E-state index contributed by atoms with van der Waals surface area (Å²) in [4.78, 5) is 26.3. The highest BCUT2D eigenvalue weighted by molar-refractivity contribution is 5.93. The van der Waals surface area contributed by atoms with Crippen molar-refractivity contribution < 1.29 is 9.59 Å². The Balaban J connectivity index is 1.97. The lowest BCUT2D eigenvalue weighted by molar-refractivity contribution is -0.123. The summed E-state index contributed by atoms with van der Waals surface area (Å²) >= 11 is 0. The van der Waals surface area contributed by atoms with Gasteiger partial charge in [-0.15, -0.1) is 0 Å². The summed E-state index contributed by atoms with van der Waals surface area (Å²) in [6.45, 7) is 6.81.